The summed E-state index contributed by atoms with van der Waals surface area (Å²) in [5, 5.41) is 25.1. The fourth-order valence-electron chi connectivity index (χ4n) is 4.03. The Labute approximate surface area is 285 Å². The Morgan fingerprint density at radius 2 is 1.00 bits per heavy atom. The first-order valence-corrected chi connectivity index (χ1v) is 17.4. The van der Waals surface area contributed by atoms with Crippen molar-refractivity contribution in [3.63, 3.8) is 0 Å². The average molecular weight is 667 g/mol. The molecule has 0 aromatic heterocycles. The van der Waals surface area contributed by atoms with Crippen LogP contribution in [0.2, 0.25) is 0 Å². The Morgan fingerprint density at radius 3 is 1.34 bits per heavy atom. The van der Waals surface area contributed by atoms with E-state index in [4.69, 9.17) is 20.1 Å². The van der Waals surface area contributed by atoms with E-state index in [1.54, 1.807) is 6.92 Å². The quantitative estimate of drug-likeness (QED) is 0.0443. The van der Waals surface area contributed by atoms with E-state index in [-0.39, 0.29) is 36.8 Å². The maximum atomic E-state index is 11.2. The van der Waals surface area contributed by atoms with Crippen LogP contribution in [-0.4, -0.2) is 59.0 Å². The van der Waals surface area contributed by atoms with Crippen LogP contribution in [0.1, 0.15) is 150 Å². The molecule has 0 aromatic carbocycles. The average Bonchev–Trinajstić information content (AvgIpc) is 3.04. The number of allylic oxidation sites excluding steroid dienone is 1. The van der Waals surface area contributed by atoms with Gasteiger partial charge in [-0.05, 0) is 33.1 Å². The minimum Gasteiger partial charge on any atom is -0.478 e. The molecule has 9 nitrogen and oxygen atoms in total. The predicted molar refractivity (Wildman–Crippen MR) is 190 cm³/mol. The van der Waals surface area contributed by atoms with Crippen LogP contribution in [0, 0.1) is 0 Å². The summed E-state index contributed by atoms with van der Waals surface area (Å²) in [7, 11) is 0. The van der Waals surface area contributed by atoms with E-state index >= 15 is 0 Å². The Balaban J connectivity index is -0.000000711. The molecule has 0 unspecified atom stereocenters. The number of rotatable bonds is 27. The summed E-state index contributed by atoms with van der Waals surface area (Å²) in [6, 6.07) is 0. The van der Waals surface area contributed by atoms with Crippen LogP contribution in [0.4, 0.5) is 0 Å². The van der Waals surface area contributed by atoms with E-state index in [1.165, 1.54) is 109 Å². The van der Waals surface area contributed by atoms with Crippen molar-refractivity contribution in [2.24, 2.45) is 0 Å². The van der Waals surface area contributed by atoms with Gasteiger partial charge in [-0.1, -0.05) is 142 Å². The van der Waals surface area contributed by atoms with Gasteiger partial charge in [0.15, 0.2) is 0 Å². The van der Waals surface area contributed by atoms with Gasteiger partial charge >= 0.3 is 23.9 Å². The van der Waals surface area contributed by atoms with Crippen LogP contribution in [-0.2, 0) is 28.7 Å². The Kier molecular flexibility index (Phi) is 36.6. The van der Waals surface area contributed by atoms with Gasteiger partial charge in [0, 0.05) is 22.3 Å². The van der Waals surface area contributed by atoms with Gasteiger partial charge < -0.3 is 24.8 Å². The van der Waals surface area contributed by atoms with Crippen LogP contribution in [0.5, 0.6) is 0 Å². The summed E-state index contributed by atoms with van der Waals surface area (Å²) in [5.74, 6) is -2.80. The number of hydrogen-bond donors (Lipinski definition) is 3. The van der Waals surface area contributed by atoms with Crippen molar-refractivity contribution in [3.8, 4) is 0 Å². The molecule has 0 rings (SSSR count). The molecule has 0 spiro atoms. The van der Waals surface area contributed by atoms with E-state index in [1.807, 2.05) is 6.92 Å². The summed E-state index contributed by atoms with van der Waals surface area (Å²) in [5.41, 5.74) is 1.09. The van der Waals surface area contributed by atoms with Crippen molar-refractivity contribution in [1.29, 1.82) is 0 Å². The molecule has 0 aromatic rings. The van der Waals surface area contributed by atoms with E-state index in [9.17, 15) is 19.2 Å². The fourth-order valence-corrected chi connectivity index (χ4v) is 4.03. The first-order chi connectivity index (χ1) is 22.3. The smallest absolute Gasteiger partial charge is 0.333 e. The number of aliphatic carboxylic acids is 2. The Bertz CT molecular complexity index is 918. The highest BCUT2D eigenvalue weighted by Gasteiger charge is 2.08. The highest BCUT2D eigenvalue weighted by molar-refractivity contribution is 5.89. The number of carboxylic acids is 2. The van der Waals surface area contributed by atoms with Crippen molar-refractivity contribution in [2.45, 2.75) is 150 Å². The van der Waals surface area contributed by atoms with E-state index in [0.717, 1.165) is 12.8 Å². The van der Waals surface area contributed by atoms with Gasteiger partial charge in [0.1, 0.15) is 6.61 Å². The fraction of sp³-hybridized carbons (Fsp3) is 0.684. The molecular formula is C38H66O9. The topological polar surface area (TPSA) is 147 Å². The molecule has 272 valence electrons. The molecule has 0 aliphatic carbocycles. The lowest BCUT2D eigenvalue weighted by molar-refractivity contribution is -0.140. The molecule has 0 heterocycles. The third kappa shape index (κ3) is 37.1. The SMILES string of the molecule is C=C(C)C(=O)OCCCCCCCCCCCCCCCCCC.C=C(CC=C(C)C(=O)O)C(=O)OCCO.C=C(CCC)C(=O)O. The van der Waals surface area contributed by atoms with Crippen LogP contribution in [0.15, 0.2) is 48.1 Å². The Morgan fingerprint density at radius 1 is 0.574 bits per heavy atom. The zero-order chi connectivity index (χ0) is 36.3. The second-order valence-corrected chi connectivity index (χ2v) is 11.7. The zero-order valence-corrected chi connectivity index (χ0v) is 30.0. The molecule has 0 saturated carbocycles. The zero-order valence-electron chi connectivity index (χ0n) is 30.0. The minimum absolute atomic E-state index is 0.0838. The molecule has 0 atom stereocenters. The minimum atomic E-state index is -1.04. The number of hydrogen-bond acceptors (Lipinski definition) is 7. The molecule has 0 bridgehead atoms. The normalized spacial score (nSPS) is 10.4. The molecule has 9 heteroatoms. The highest BCUT2D eigenvalue weighted by Crippen LogP contribution is 2.14. The van der Waals surface area contributed by atoms with Gasteiger partial charge in [0.2, 0.25) is 0 Å². The maximum Gasteiger partial charge on any atom is 0.333 e. The third-order valence-corrected chi connectivity index (χ3v) is 7.04. The van der Waals surface area contributed by atoms with Crippen molar-refractivity contribution in [2.75, 3.05) is 19.8 Å². The number of aliphatic hydroxyl groups excluding tert-OH is 1. The second-order valence-electron chi connectivity index (χ2n) is 11.7. The standard InChI is InChI=1S/C22H42O2.C10H14O5.C6H10O2/c1-4-5-6-7-8-9-10-11-12-13-14-15-16-17-18-19-20-24-22(23)21(2)3;1-7(9(12)13)3-4-8(2)10(14)15-6-5-11;1-3-4-5(2)6(7)8/h2,4-20H2,1,3H3;3,11H,2,4-6H2,1H3,(H,12,13);2-4H2,1H3,(H,7,8). The largest absolute Gasteiger partial charge is 0.478 e. The van der Waals surface area contributed by atoms with Crippen LogP contribution in [0.3, 0.4) is 0 Å². The highest BCUT2D eigenvalue weighted by atomic mass is 16.5. The second kappa shape index (κ2) is 35.7. The molecule has 0 aliphatic rings. The number of carbonyl (C=O) groups is 4. The summed E-state index contributed by atoms with van der Waals surface area (Å²) >= 11 is 0. The van der Waals surface area contributed by atoms with Crippen LogP contribution >= 0.6 is 0 Å². The first-order valence-electron chi connectivity index (χ1n) is 17.4. The molecule has 0 saturated heterocycles. The summed E-state index contributed by atoms with van der Waals surface area (Å²) in [6.45, 7) is 17.9. The number of ether oxygens (including phenoxy) is 2. The number of unbranched alkanes of at least 4 members (excludes halogenated alkanes) is 15. The van der Waals surface area contributed by atoms with Gasteiger partial charge in [-0.15, -0.1) is 0 Å². The van der Waals surface area contributed by atoms with Crippen LogP contribution in [0.25, 0.3) is 0 Å². The molecule has 0 fully saturated rings. The monoisotopic (exact) mass is 666 g/mol. The summed E-state index contributed by atoms with van der Waals surface area (Å²) in [6.07, 6.45) is 24.7. The third-order valence-electron chi connectivity index (χ3n) is 7.04. The van der Waals surface area contributed by atoms with Crippen molar-refractivity contribution in [1.82, 2.24) is 0 Å². The van der Waals surface area contributed by atoms with Gasteiger partial charge in [0.05, 0.1) is 13.2 Å². The molecule has 3 N–H and O–H groups in total. The molecular weight excluding hydrogens is 600 g/mol. The van der Waals surface area contributed by atoms with Gasteiger partial charge in [-0.3, -0.25) is 0 Å². The van der Waals surface area contributed by atoms with Gasteiger partial charge in [-0.2, -0.15) is 0 Å². The Hall–Kier alpha value is -3.20. The van der Waals surface area contributed by atoms with E-state index in [0.29, 0.717) is 24.2 Å². The lowest BCUT2D eigenvalue weighted by atomic mass is 10.0. The molecule has 0 aliphatic heterocycles. The number of aliphatic hydroxyl groups is 1. The lowest BCUT2D eigenvalue weighted by Crippen LogP contribution is -2.10. The molecule has 0 radical (unpaired) electrons. The number of esters is 2. The van der Waals surface area contributed by atoms with Gasteiger partial charge in [0.25, 0.3) is 0 Å². The lowest BCUT2D eigenvalue weighted by Gasteiger charge is -2.05. The molecule has 47 heavy (non-hydrogen) atoms. The van der Waals surface area contributed by atoms with Crippen molar-refractivity contribution >= 4 is 23.9 Å². The summed E-state index contributed by atoms with van der Waals surface area (Å²) in [4.78, 5) is 42.7. The maximum absolute atomic E-state index is 11.2. The number of carbonyl (C=O) groups excluding carboxylic acids is 2. The summed E-state index contributed by atoms with van der Waals surface area (Å²) < 4.78 is 9.66. The number of carboxylic acid groups (broad SMARTS) is 2. The first kappa shape index (κ1) is 48.2. The van der Waals surface area contributed by atoms with Crippen molar-refractivity contribution < 1.29 is 44.0 Å². The molecule has 0 amide bonds. The van der Waals surface area contributed by atoms with Crippen LogP contribution < -0.4 is 0 Å². The van der Waals surface area contributed by atoms with Gasteiger partial charge in [-0.25, -0.2) is 19.2 Å². The van der Waals surface area contributed by atoms with E-state index in [2.05, 4.69) is 31.4 Å². The predicted octanol–water partition coefficient (Wildman–Crippen LogP) is 9.29. The van der Waals surface area contributed by atoms with Crippen molar-refractivity contribution in [3.05, 3.63) is 48.1 Å². The van der Waals surface area contributed by atoms with E-state index < -0.39 is 17.9 Å².